The van der Waals surface area contributed by atoms with Crippen molar-refractivity contribution in [2.24, 2.45) is 10.4 Å². The molecule has 12 heteroatoms. The predicted molar refractivity (Wildman–Crippen MR) is 138 cm³/mol. The van der Waals surface area contributed by atoms with Gasteiger partial charge >= 0.3 is 0 Å². The zero-order valence-electron chi connectivity index (χ0n) is 20.2. The molecule has 3 aromatic rings. The van der Waals surface area contributed by atoms with Crippen LogP contribution in [0.4, 0.5) is 10.1 Å². The zero-order chi connectivity index (χ0) is 27.2. The average Bonchev–Trinajstić information content (AvgIpc) is 2.84. The summed E-state index contributed by atoms with van der Waals surface area (Å²) in [6.45, 7) is 5.56. The molecule has 1 aromatic heterocycles. The lowest BCUT2D eigenvalue weighted by Gasteiger charge is -2.29. The smallest absolute Gasteiger partial charge is 0.252 e. The van der Waals surface area contributed by atoms with Gasteiger partial charge in [-0.3, -0.25) is 15.1 Å². The van der Waals surface area contributed by atoms with Gasteiger partial charge in [-0.25, -0.2) is 17.8 Å². The number of anilines is 1. The lowest BCUT2D eigenvalue weighted by atomic mass is 9.92. The molecule has 1 atom stereocenters. The molecule has 0 spiro atoms. The molecule has 0 saturated heterocycles. The van der Waals surface area contributed by atoms with Gasteiger partial charge in [0.2, 0.25) is 15.8 Å². The lowest BCUT2D eigenvalue weighted by molar-refractivity contribution is 0.0906. The van der Waals surface area contributed by atoms with Crippen LogP contribution in [0, 0.1) is 22.7 Å². The van der Waals surface area contributed by atoms with E-state index >= 15 is 0 Å². The van der Waals surface area contributed by atoms with Crippen molar-refractivity contribution in [2.45, 2.75) is 36.7 Å². The number of rotatable bonds is 6. The number of hydrogen-bond donors (Lipinski definition) is 3. The first-order valence-electron chi connectivity index (χ1n) is 10.9. The Hall–Kier alpha value is -4.01. The fourth-order valence-electron chi connectivity index (χ4n) is 3.05. The van der Waals surface area contributed by atoms with Gasteiger partial charge in [-0.1, -0.05) is 32.4 Å². The van der Waals surface area contributed by atoms with Gasteiger partial charge in [0.05, 0.1) is 21.7 Å². The summed E-state index contributed by atoms with van der Waals surface area (Å²) in [6, 6.07) is 12.1. The summed E-state index contributed by atoms with van der Waals surface area (Å²) in [6.07, 6.45) is 3.47. The van der Waals surface area contributed by atoms with Crippen LogP contribution in [-0.2, 0) is 9.84 Å². The molecule has 37 heavy (non-hydrogen) atoms. The van der Waals surface area contributed by atoms with E-state index in [0.29, 0.717) is 10.6 Å². The van der Waals surface area contributed by atoms with E-state index in [1.807, 2.05) is 20.8 Å². The van der Waals surface area contributed by atoms with Crippen LogP contribution in [0.25, 0.3) is 0 Å². The number of aliphatic imine (C=N–C) groups is 1. The van der Waals surface area contributed by atoms with Crippen molar-refractivity contribution in [3.8, 4) is 6.19 Å². The zero-order valence-corrected chi connectivity index (χ0v) is 21.7. The van der Waals surface area contributed by atoms with Crippen molar-refractivity contribution in [2.75, 3.05) is 5.32 Å². The van der Waals surface area contributed by atoms with Gasteiger partial charge in [0, 0.05) is 22.2 Å². The number of carbonyl (C=O) groups is 1. The average molecular weight is 543 g/mol. The van der Waals surface area contributed by atoms with Crippen molar-refractivity contribution in [1.29, 1.82) is 5.26 Å². The molecule has 9 nitrogen and oxygen atoms in total. The number of pyridine rings is 1. The van der Waals surface area contributed by atoms with Crippen molar-refractivity contribution in [3.05, 3.63) is 83.4 Å². The van der Waals surface area contributed by atoms with E-state index in [2.05, 4.69) is 25.9 Å². The fraction of sp³-hybridized carbons (Fsp3) is 0.200. The van der Waals surface area contributed by atoms with Crippen LogP contribution < -0.4 is 16.0 Å². The summed E-state index contributed by atoms with van der Waals surface area (Å²) in [5.41, 5.74) is 0.0129. The molecular formula is C25H24ClFN6O3S. The first kappa shape index (κ1) is 27.6. The highest BCUT2D eigenvalue weighted by Gasteiger charge is 2.27. The highest BCUT2D eigenvalue weighted by Crippen LogP contribution is 2.24. The molecule has 192 valence electrons. The van der Waals surface area contributed by atoms with E-state index in [1.54, 1.807) is 30.5 Å². The third kappa shape index (κ3) is 7.25. The van der Waals surface area contributed by atoms with Gasteiger partial charge in [-0.05, 0) is 54.6 Å². The number of sulfone groups is 1. The number of hydrogen-bond acceptors (Lipinski definition) is 6. The quantitative estimate of drug-likeness (QED) is 0.138. The van der Waals surface area contributed by atoms with Crippen LogP contribution in [0.3, 0.4) is 0 Å². The summed E-state index contributed by atoms with van der Waals surface area (Å²) in [7, 11) is -3.98. The Bertz CT molecular complexity index is 1450. The highest BCUT2D eigenvalue weighted by molar-refractivity contribution is 7.91. The largest absolute Gasteiger partial charge is 0.330 e. The fourth-order valence-corrected chi connectivity index (χ4v) is 4.42. The number of guanidine groups is 1. The van der Waals surface area contributed by atoms with Crippen LogP contribution in [0.5, 0.6) is 0 Å². The van der Waals surface area contributed by atoms with E-state index in [9.17, 15) is 22.9 Å². The van der Waals surface area contributed by atoms with Crippen molar-refractivity contribution < 1.29 is 17.6 Å². The third-order valence-electron chi connectivity index (χ3n) is 5.04. The maximum absolute atomic E-state index is 13.2. The third-order valence-corrected chi connectivity index (χ3v) is 7.03. The van der Waals surface area contributed by atoms with Gasteiger partial charge in [-0.15, -0.1) is 0 Å². The predicted octanol–water partition coefficient (Wildman–Crippen LogP) is 4.35. The maximum atomic E-state index is 13.2. The molecule has 1 unspecified atom stereocenters. The molecule has 2 aromatic carbocycles. The minimum absolute atomic E-state index is 0.0445. The number of carbonyl (C=O) groups excluding carboxylic acids is 1. The number of nitriles is 1. The number of amides is 1. The van der Waals surface area contributed by atoms with Gasteiger partial charge in [-0.2, -0.15) is 5.26 Å². The minimum atomic E-state index is -3.98. The maximum Gasteiger partial charge on any atom is 0.252 e. The first-order valence-corrected chi connectivity index (χ1v) is 12.8. The molecule has 3 N–H and O–H groups in total. The number of nitrogens with one attached hydrogen (secondary N) is 3. The van der Waals surface area contributed by atoms with E-state index in [-0.39, 0.29) is 21.4 Å². The number of aromatic nitrogens is 1. The molecule has 1 amide bonds. The standard InChI is InChI=1S/C25H24ClFN6O3S/c1-25(2,3)23(32-22(34)16-4-6-17(26)7-5-16)33-24(30-15-28)31-19-12-21(14-29-13-19)37(35,36)20-10-8-18(27)9-11-20/h4-14,23H,1-3H3,(H,32,34)(H2,30,31,33). The summed E-state index contributed by atoms with van der Waals surface area (Å²) in [5, 5.41) is 17.8. The van der Waals surface area contributed by atoms with Crippen LogP contribution in [-0.4, -0.2) is 31.4 Å². The Morgan fingerprint density at radius 2 is 1.73 bits per heavy atom. The summed E-state index contributed by atoms with van der Waals surface area (Å²) >= 11 is 5.90. The Labute approximate surface area is 219 Å². The van der Waals surface area contributed by atoms with Gasteiger partial charge < -0.3 is 10.6 Å². The molecular weight excluding hydrogens is 519 g/mol. The van der Waals surface area contributed by atoms with E-state index in [1.165, 1.54) is 12.3 Å². The molecule has 0 fully saturated rings. The van der Waals surface area contributed by atoms with Crippen LogP contribution in [0.15, 0.2) is 81.8 Å². The van der Waals surface area contributed by atoms with Crippen molar-refractivity contribution >= 4 is 39.0 Å². The van der Waals surface area contributed by atoms with Crippen LogP contribution >= 0.6 is 11.6 Å². The van der Waals surface area contributed by atoms with Gasteiger partial charge in [0.15, 0.2) is 6.19 Å². The first-order chi connectivity index (χ1) is 17.4. The van der Waals surface area contributed by atoms with Crippen LogP contribution in [0.2, 0.25) is 5.02 Å². The Morgan fingerprint density at radius 3 is 2.32 bits per heavy atom. The molecule has 0 aliphatic rings. The second-order valence-electron chi connectivity index (χ2n) is 8.96. The van der Waals surface area contributed by atoms with Crippen molar-refractivity contribution in [1.82, 2.24) is 15.6 Å². The number of nitrogens with zero attached hydrogens (tertiary/aromatic N) is 3. The lowest BCUT2D eigenvalue weighted by Crippen LogP contribution is -2.44. The van der Waals surface area contributed by atoms with Gasteiger partial charge in [0.25, 0.3) is 5.91 Å². The van der Waals surface area contributed by atoms with E-state index < -0.39 is 33.1 Å². The minimum Gasteiger partial charge on any atom is -0.330 e. The molecule has 0 bridgehead atoms. The molecule has 0 radical (unpaired) electrons. The van der Waals surface area contributed by atoms with Crippen LogP contribution in [0.1, 0.15) is 31.1 Å². The Morgan fingerprint density at radius 1 is 1.08 bits per heavy atom. The summed E-state index contributed by atoms with van der Waals surface area (Å²) < 4.78 is 39.1. The highest BCUT2D eigenvalue weighted by atomic mass is 35.5. The van der Waals surface area contributed by atoms with Gasteiger partial charge in [0.1, 0.15) is 12.0 Å². The van der Waals surface area contributed by atoms with Crippen molar-refractivity contribution in [3.63, 3.8) is 0 Å². The normalized spacial score (nSPS) is 12.8. The monoisotopic (exact) mass is 542 g/mol. The molecule has 3 rings (SSSR count). The molecule has 0 saturated carbocycles. The second-order valence-corrected chi connectivity index (χ2v) is 11.3. The van der Waals surface area contributed by atoms with E-state index in [4.69, 9.17) is 11.6 Å². The summed E-state index contributed by atoms with van der Waals surface area (Å²) in [5.74, 6) is -1.00. The number of benzene rings is 2. The SMILES string of the molecule is CC(C)(C)C(N=C(NC#N)Nc1cncc(S(=O)(=O)c2ccc(F)cc2)c1)NC(=O)c1ccc(Cl)cc1. The molecule has 0 aliphatic carbocycles. The molecule has 1 heterocycles. The topological polar surface area (TPSA) is 136 Å². The Kier molecular flexibility index (Phi) is 8.47. The molecule has 0 aliphatic heterocycles. The Balaban J connectivity index is 1.89. The number of halogens is 2. The van der Waals surface area contributed by atoms with E-state index in [0.717, 1.165) is 30.5 Å². The second kappa shape index (κ2) is 11.4. The summed E-state index contributed by atoms with van der Waals surface area (Å²) in [4.78, 5) is 21.0.